The van der Waals surface area contributed by atoms with E-state index in [4.69, 9.17) is 11.1 Å². The third kappa shape index (κ3) is 3.75. The number of likely N-dealkylation sites (N-methyl/N-ethyl adjacent to an activating group) is 1. The predicted octanol–water partition coefficient (Wildman–Crippen LogP) is 2.34. The Bertz CT molecular complexity index is 916. The van der Waals surface area contributed by atoms with Crippen molar-refractivity contribution < 1.29 is 8.42 Å². The first-order chi connectivity index (χ1) is 12.3. The maximum atomic E-state index is 13.2. The molecule has 0 saturated carbocycles. The molecule has 1 aliphatic rings. The van der Waals surface area contributed by atoms with Crippen molar-refractivity contribution in [3.63, 3.8) is 0 Å². The third-order valence-corrected chi connectivity index (χ3v) is 8.74. The SMILES string of the molecule is CSc1sc(C(=N)N)cc1S(=O)(=O)c1cccc(N2CCN(C)CC2)c1. The second-order valence-electron chi connectivity index (χ2n) is 6.17. The van der Waals surface area contributed by atoms with Crippen molar-refractivity contribution in [2.45, 2.75) is 14.0 Å². The van der Waals surface area contributed by atoms with Gasteiger partial charge in [-0.25, -0.2) is 8.42 Å². The molecule has 1 aliphatic heterocycles. The molecule has 0 bridgehead atoms. The van der Waals surface area contributed by atoms with Crippen LogP contribution in [0.25, 0.3) is 0 Å². The molecule has 6 nitrogen and oxygen atoms in total. The Balaban J connectivity index is 1.98. The fourth-order valence-corrected chi connectivity index (χ4v) is 6.76. The van der Waals surface area contributed by atoms with E-state index in [1.165, 1.54) is 29.2 Å². The van der Waals surface area contributed by atoms with E-state index in [-0.39, 0.29) is 15.6 Å². The molecule has 140 valence electrons. The first kappa shape index (κ1) is 19.2. The Morgan fingerprint density at radius 2 is 1.92 bits per heavy atom. The number of amidine groups is 1. The summed E-state index contributed by atoms with van der Waals surface area (Å²) in [5, 5.41) is 7.59. The number of anilines is 1. The molecule has 1 fully saturated rings. The van der Waals surface area contributed by atoms with Crippen LogP contribution in [0.5, 0.6) is 0 Å². The Labute approximate surface area is 162 Å². The number of benzene rings is 1. The molecule has 9 heteroatoms. The molecule has 0 aliphatic carbocycles. The maximum absolute atomic E-state index is 13.2. The average molecular weight is 411 g/mol. The maximum Gasteiger partial charge on any atom is 0.208 e. The molecule has 0 spiro atoms. The topological polar surface area (TPSA) is 90.5 Å². The van der Waals surface area contributed by atoms with Crippen LogP contribution in [0.3, 0.4) is 0 Å². The van der Waals surface area contributed by atoms with E-state index in [1.807, 2.05) is 12.3 Å². The number of hydrogen-bond donors (Lipinski definition) is 2. The first-order valence-electron chi connectivity index (χ1n) is 8.14. The number of hydrogen-bond acceptors (Lipinski definition) is 7. The molecule has 1 aromatic carbocycles. The van der Waals surface area contributed by atoms with Crippen LogP contribution in [0.4, 0.5) is 5.69 Å². The van der Waals surface area contributed by atoms with Crippen LogP contribution in [0, 0.1) is 5.41 Å². The number of nitrogens with two attached hydrogens (primary N) is 1. The van der Waals surface area contributed by atoms with E-state index in [0.29, 0.717) is 9.09 Å². The molecule has 0 amide bonds. The summed E-state index contributed by atoms with van der Waals surface area (Å²) in [4.78, 5) is 5.45. The standard InChI is InChI=1S/C17H22N4O2S3/c1-20-6-8-21(9-7-20)12-4-3-5-13(10-12)26(22,23)15-11-14(16(18)19)25-17(15)24-2/h3-5,10-11H,6-9H2,1-2H3,(H3,18,19). The summed E-state index contributed by atoms with van der Waals surface area (Å²) in [5.41, 5.74) is 6.47. The summed E-state index contributed by atoms with van der Waals surface area (Å²) in [7, 11) is -1.58. The van der Waals surface area contributed by atoms with E-state index < -0.39 is 9.84 Å². The Hall–Kier alpha value is -1.55. The quantitative estimate of drug-likeness (QED) is 0.447. The van der Waals surface area contributed by atoms with E-state index in [9.17, 15) is 8.42 Å². The highest BCUT2D eigenvalue weighted by Gasteiger charge is 2.26. The monoisotopic (exact) mass is 410 g/mol. The fourth-order valence-electron chi connectivity index (χ4n) is 2.86. The van der Waals surface area contributed by atoms with Gasteiger partial charge in [0.05, 0.1) is 18.9 Å². The minimum atomic E-state index is -3.67. The van der Waals surface area contributed by atoms with Crippen LogP contribution in [0.1, 0.15) is 4.88 Å². The minimum absolute atomic E-state index is 0.113. The summed E-state index contributed by atoms with van der Waals surface area (Å²) in [5.74, 6) is -0.113. The molecule has 2 aromatic rings. The lowest BCUT2D eigenvalue weighted by molar-refractivity contribution is 0.313. The van der Waals surface area contributed by atoms with Crippen LogP contribution in [0.15, 0.2) is 44.3 Å². The molecule has 1 aromatic heterocycles. The second kappa shape index (κ2) is 7.59. The summed E-state index contributed by atoms with van der Waals surface area (Å²) in [6, 6.07) is 8.63. The summed E-state index contributed by atoms with van der Waals surface area (Å²) in [6.45, 7) is 3.67. The molecule has 3 N–H and O–H groups in total. The van der Waals surface area contributed by atoms with Crippen molar-refractivity contribution in [3.05, 3.63) is 35.2 Å². The number of nitrogen functional groups attached to an aromatic ring is 1. The molecule has 3 rings (SSSR count). The molecular weight excluding hydrogens is 388 g/mol. The zero-order valence-electron chi connectivity index (χ0n) is 14.7. The van der Waals surface area contributed by atoms with Crippen molar-refractivity contribution in [1.82, 2.24) is 4.90 Å². The smallest absolute Gasteiger partial charge is 0.208 e. The highest BCUT2D eigenvalue weighted by molar-refractivity contribution is 8.01. The van der Waals surface area contributed by atoms with Gasteiger partial charge in [0, 0.05) is 31.9 Å². The Morgan fingerprint density at radius 3 is 2.54 bits per heavy atom. The molecular formula is C17H22N4O2S3. The minimum Gasteiger partial charge on any atom is -0.383 e. The highest BCUT2D eigenvalue weighted by atomic mass is 32.2. The molecule has 2 heterocycles. The third-order valence-electron chi connectivity index (χ3n) is 4.40. The van der Waals surface area contributed by atoms with E-state index >= 15 is 0 Å². The Morgan fingerprint density at radius 1 is 1.23 bits per heavy atom. The number of thiophene rings is 1. The first-order valence-corrected chi connectivity index (χ1v) is 11.7. The summed E-state index contributed by atoms with van der Waals surface area (Å²) < 4.78 is 27.0. The zero-order chi connectivity index (χ0) is 18.9. The number of sulfone groups is 1. The van der Waals surface area contributed by atoms with Crippen LogP contribution >= 0.6 is 23.1 Å². The number of thioether (sulfide) groups is 1. The van der Waals surface area contributed by atoms with Gasteiger partial charge in [-0.05, 0) is 37.6 Å². The van der Waals surface area contributed by atoms with E-state index in [0.717, 1.165) is 31.9 Å². The highest BCUT2D eigenvalue weighted by Crippen LogP contribution is 2.37. The van der Waals surface area contributed by atoms with Crippen molar-refractivity contribution in [3.8, 4) is 0 Å². The summed E-state index contributed by atoms with van der Waals surface area (Å²) >= 11 is 2.60. The number of nitrogens with one attached hydrogen (secondary N) is 1. The molecule has 0 unspecified atom stereocenters. The average Bonchev–Trinajstić information content (AvgIpc) is 3.08. The van der Waals surface area contributed by atoms with E-state index in [1.54, 1.807) is 18.2 Å². The number of nitrogens with zero attached hydrogens (tertiary/aromatic N) is 2. The molecule has 26 heavy (non-hydrogen) atoms. The number of piperazine rings is 1. The van der Waals surface area contributed by atoms with Crippen molar-refractivity contribution in [1.29, 1.82) is 5.41 Å². The lowest BCUT2D eigenvalue weighted by Crippen LogP contribution is -2.44. The van der Waals surface area contributed by atoms with Crippen LogP contribution in [0.2, 0.25) is 0 Å². The van der Waals surface area contributed by atoms with Crippen LogP contribution in [-0.2, 0) is 9.84 Å². The lowest BCUT2D eigenvalue weighted by Gasteiger charge is -2.34. The van der Waals surface area contributed by atoms with Gasteiger partial charge in [-0.1, -0.05) is 6.07 Å². The van der Waals surface area contributed by atoms with Crippen molar-refractivity contribution in [2.75, 3.05) is 44.4 Å². The van der Waals surface area contributed by atoms with Gasteiger partial charge in [0.25, 0.3) is 0 Å². The van der Waals surface area contributed by atoms with Gasteiger partial charge in [0.2, 0.25) is 9.84 Å². The van der Waals surface area contributed by atoms with Crippen molar-refractivity contribution >= 4 is 44.5 Å². The summed E-state index contributed by atoms with van der Waals surface area (Å²) in [6.07, 6.45) is 1.83. The molecule has 0 radical (unpaired) electrons. The van der Waals surface area contributed by atoms with Gasteiger partial charge >= 0.3 is 0 Å². The van der Waals surface area contributed by atoms with Gasteiger partial charge in [-0.15, -0.1) is 23.1 Å². The van der Waals surface area contributed by atoms with Crippen LogP contribution in [-0.4, -0.2) is 58.6 Å². The normalized spacial score (nSPS) is 16.0. The van der Waals surface area contributed by atoms with Gasteiger partial charge < -0.3 is 15.5 Å². The molecule has 0 atom stereocenters. The lowest BCUT2D eigenvalue weighted by atomic mass is 10.2. The van der Waals surface area contributed by atoms with Crippen molar-refractivity contribution in [2.24, 2.45) is 5.73 Å². The van der Waals surface area contributed by atoms with E-state index in [2.05, 4.69) is 16.8 Å². The van der Waals surface area contributed by atoms with Gasteiger partial charge in [0.15, 0.2) is 0 Å². The second-order valence-corrected chi connectivity index (χ2v) is 10.2. The predicted molar refractivity (Wildman–Crippen MR) is 109 cm³/mol. The fraction of sp³-hybridized carbons (Fsp3) is 0.353. The van der Waals surface area contributed by atoms with Gasteiger partial charge in [-0.3, -0.25) is 5.41 Å². The molecule has 1 saturated heterocycles. The largest absolute Gasteiger partial charge is 0.383 e. The van der Waals surface area contributed by atoms with Gasteiger partial charge in [-0.2, -0.15) is 0 Å². The van der Waals surface area contributed by atoms with Gasteiger partial charge in [0.1, 0.15) is 5.84 Å². The number of rotatable bonds is 5. The van der Waals surface area contributed by atoms with Crippen LogP contribution < -0.4 is 10.6 Å². The zero-order valence-corrected chi connectivity index (χ0v) is 17.2. The Kier molecular flexibility index (Phi) is 5.61.